The van der Waals surface area contributed by atoms with Crippen LogP contribution < -0.4 is 5.32 Å². The molecule has 1 heterocycles. The van der Waals surface area contributed by atoms with Gasteiger partial charge in [-0.3, -0.25) is 9.59 Å². The van der Waals surface area contributed by atoms with E-state index in [1.807, 2.05) is 55.5 Å². The van der Waals surface area contributed by atoms with E-state index in [9.17, 15) is 9.59 Å². The number of nitrogens with one attached hydrogen (secondary N) is 1. The van der Waals surface area contributed by atoms with Crippen molar-refractivity contribution in [2.75, 3.05) is 11.1 Å². The number of nitrogens with zero attached hydrogens (tertiary/aromatic N) is 3. The lowest BCUT2D eigenvalue weighted by Gasteiger charge is -2.16. The van der Waals surface area contributed by atoms with Crippen molar-refractivity contribution in [1.29, 1.82) is 0 Å². The number of thioether (sulfide) groups is 1. The Morgan fingerprint density at radius 3 is 2.32 bits per heavy atom. The van der Waals surface area contributed by atoms with Crippen molar-refractivity contribution < 1.29 is 9.59 Å². The van der Waals surface area contributed by atoms with Gasteiger partial charge in [-0.25, -0.2) is 9.67 Å². The number of ketones is 2. The summed E-state index contributed by atoms with van der Waals surface area (Å²) >= 11 is 1.29. The summed E-state index contributed by atoms with van der Waals surface area (Å²) in [6, 6.07) is 18.5. The number of rotatable bonds is 9. The minimum absolute atomic E-state index is 0.0995. The summed E-state index contributed by atoms with van der Waals surface area (Å²) in [5.74, 6) is 0.148. The fourth-order valence-corrected chi connectivity index (χ4v) is 3.45. The van der Waals surface area contributed by atoms with Crippen LogP contribution in [0.2, 0.25) is 0 Å². The zero-order chi connectivity index (χ0) is 19.8. The molecule has 0 bridgehead atoms. The number of aromatic nitrogens is 3. The quantitative estimate of drug-likeness (QED) is 0.436. The van der Waals surface area contributed by atoms with E-state index >= 15 is 0 Å². The Labute approximate surface area is 167 Å². The number of benzene rings is 2. The van der Waals surface area contributed by atoms with Gasteiger partial charge < -0.3 is 5.32 Å². The first kappa shape index (κ1) is 19.6. The highest BCUT2D eigenvalue weighted by Crippen LogP contribution is 2.27. The second-order valence-electron chi connectivity index (χ2n) is 5.88. The number of Topliss-reactive ketones (excluding diaryl/α,β-unsaturated/α-hetero) is 2. The molecule has 0 spiro atoms. The molecule has 3 aromatic rings. The van der Waals surface area contributed by atoms with E-state index in [1.54, 1.807) is 12.1 Å². The minimum Gasteiger partial charge on any atom is -0.348 e. The van der Waals surface area contributed by atoms with Crippen LogP contribution in [0.3, 0.4) is 0 Å². The fourth-order valence-electron chi connectivity index (χ4n) is 2.43. The van der Waals surface area contributed by atoms with Gasteiger partial charge in [0.2, 0.25) is 5.78 Å². The van der Waals surface area contributed by atoms with Crippen LogP contribution in [0.15, 0.2) is 78.3 Å². The zero-order valence-corrected chi connectivity index (χ0v) is 16.2. The molecule has 1 N–H and O–H groups in total. The van der Waals surface area contributed by atoms with E-state index in [2.05, 4.69) is 15.4 Å². The smallest absolute Gasteiger partial charge is 0.214 e. The molecule has 6 nitrogen and oxygen atoms in total. The van der Waals surface area contributed by atoms with E-state index in [-0.39, 0.29) is 17.3 Å². The number of allylic oxidation sites excluding steroid dienone is 1. The number of hydrogen-bond donors (Lipinski definition) is 1. The number of para-hydroxylation sites is 1. The molecule has 0 amide bonds. The number of anilines is 1. The van der Waals surface area contributed by atoms with Crippen molar-refractivity contribution in [3.8, 4) is 0 Å². The standard InChI is InChI=1S/C21H20N4O2S/c1-2-18(26)13-28-21(24-17-11-7-4-8-12-17)19(25-15-22-14-23-25)20(27)16-9-5-3-6-10-16/h3-12,14-15,24H,2,13H2,1H3. The van der Waals surface area contributed by atoms with Gasteiger partial charge in [0.15, 0.2) is 0 Å². The average molecular weight is 392 g/mol. The second-order valence-corrected chi connectivity index (χ2v) is 6.87. The van der Waals surface area contributed by atoms with Gasteiger partial charge in [-0.1, -0.05) is 67.2 Å². The molecule has 0 unspecified atom stereocenters. The summed E-state index contributed by atoms with van der Waals surface area (Å²) in [7, 11) is 0. The largest absolute Gasteiger partial charge is 0.348 e. The van der Waals surface area contributed by atoms with Crippen LogP contribution in [-0.2, 0) is 4.79 Å². The first-order valence-electron chi connectivity index (χ1n) is 8.84. The maximum atomic E-state index is 13.3. The molecule has 0 aliphatic rings. The average Bonchev–Trinajstić information content (AvgIpc) is 3.27. The predicted molar refractivity (Wildman–Crippen MR) is 112 cm³/mol. The van der Waals surface area contributed by atoms with Gasteiger partial charge in [0, 0.05) is 17.7 Å². The predicted octanol–water partition coefficient (Wildman–Crippen LogP) is 4.11. The Kier molecular flexibility index (Phi) is 6.75. The highest BCUT2D eigenvalue weighted by molar-refractivity contribution is 8.04. The van der Waals surface area contributed by atoms with Crippen LogP contribution in [0.4, 0.5) is 5.69 Å². The fraction of sp³-hybridized carbons (Fsp3) is 0.143. The first-order chi connectivity index (χ1) is 13.7. The molecule has 3 rings (SSSR count). The van der Waals surface area contributed by atoms with Crippen LogP contribution in [0, 0.1) is 0 Å². The van der Waals surface area contributed by atoms with Gasteiger partial charge in [0.1, 0.15) is 29.2 Å². The first-order valence-corrected chi connectivity index (χ1v) is 9.83. The van der Waals surface area contributed by atoms with Gasteiger partial charge in [0.05, 0.1) is 5.75 Å². The molecule has 1 aromatic heterocycles. The third-order valence-electron chi connectivity index (χ3n) is 3.92. The van der Waals surface area contributed by atoms with Crippen LogP contribution >= 0.6 is 11.8 Å². The lowest BCUT2D eigenvalue weighted by Crippen LogP contribution is -2.16. The number of carbonyl (C=O) groups excluding carboxylic acids is 2. The lowest BCUT2D eigenvalue weighted by molar-refractivity contribution is -0.116. The minimum atomic E-state index is -0.207. The zero-order valence-electron chi connectivity index (χ0n) is 15.4. The van der Waals surface area contributed by atoms with Crippen LogP contribution in [0.5, 0.6) is 0 Å². The molecule has 0 saturated heterocycles. The van der Waals surface area contributed by atoms with Crippen molar-refractivity contribution in [2.24, 2.45) is 0 Å². The Hall–Kier alpha value is -3.19. The van der Waals surface area contributed by atoms with E-state index in [1.165, 1.54) is 29.1 Å². The molecule has 142 valence electrons. The summed E-state index contributed by atoms with van der Waals surface area (Å²) < 4.78 is 1.43. The summed E-state index contributed by atoms with van der Waals surface area (Å²) in [6.07, 6.45) is 3.29. The third-order valence-corrected chi connectivity index (χ3v) is 4.97. The van der Waals surface area contributed by atoms with Crippen LogP contribution in [0.1, 0.15) is 23.7 Å². The molecule has 0 aliphatic heterocycles. The molecule has 0 saturated carbocycles. The van der Waals surface area contributed by atoms with Crippen molar-refractivity contribution in [1.82, 2.24) is 14.8 Å². The molecule has 0 fully saturated rings. The molecule has 0 aliphatic carbocycles. The summed E-state index contributed by atoms with van der Waals surface area (Å²) in [4.78, 5) is 29.2. The number of hydrogen-bond acceptors (Lipinski definition) is 6. The maximum absolute atomic E-state index is 13.3. The van der Waals surface area contributed by atoms with E-state index in [0.717, 1.165) is 5.69 Å². The topological polar surface area (TPSA) is 76.9 Å². The summed E-state index contributed by atoms with van der Waals surface area (Å²) in [5, 5.41) is 7.99. The third kappa shape index (κ3) is 4.95. The molecular formula is C21H20N4O2S. The Balaban J connectivity index is 2.08. The highest BCUT2D eigenvalue weighted by Gasteiger charge is 2.21. The molecule has 2 aromatic carbocycles. The van der Waals surface area contributed by atoms with Gasteiger partial charge in [-0.05, 0) is 12.1 Å². The maximum Gasteiger partial charge on any atom is 0.214 e. The van der Waals surface area contributed by atoms with Crippen molar-refractivity contribution in [2.45, 2.75) is 13.3 Å². The van der Waals surface area contributed by atoms with Crippen molar-refractivity contribution in [3.63, 3.8) is 0 Å². The van der Waals surface area contributed by atoms with Gasteiger partial charge in [-0.15, -0.1) is 0 Å². The summed E-state index contributed by atoms with van der Waals surface area (Å²) in [5.41, 5.74) is 1.66. The Morgan fingerprint density at radius 1 is 1.04 bits per heavy atom. The Bertz CT molecular complexity index is 955. The van der Waals surface area contributed by atoms with Crippen molar-refractivity contribution >= 4 is 34.7 Å². The highest BCUT2D eigenvalue weighted by atomic mass is 32.2. The van der Waals surface area contributed by atoms with Crippen LogP contribution in [-0.4, -0.2) is 32.1 Å². The van der Waals surface area contributed by atoms with Crippen molar-refractivity contribution in [3.05, 3.63) is 83.9 Å². The van der Waals surface area contributed by atoms with Gasteiger partial charge in [0.25, 0.3) is 0 Å². The molecule has 7 heteroatoms. The van der Waals surface area contributed by atoms with E-state index in [4.69, 9.17) is 0 Å². The molecule has 0 radical (unpaired) electrons. The number of carbonyl (C=O) groups is 2. The molecular weight excluding hydrogens is 372 g/mol. The van der Waals surface area contributed by atoms with Crippen LogP contribution in [0.25, 0.3) is 5.70 Å². The molecule has 0 atom stereocenters. The van der Waals surface area contributed by atoms with E-state index in [0.29, 0.717) is 22.7 Å². The van der Waals surface area contributed by atoms with E-state index < -0.39 is 0 Å². The summed E-state index contributed by atoms with van der Waals surface area (Å²) in [6.45, 7) is 1.82. The van der Waals surface area contributed by atoms with Gasteiger partial charge in [-0.2, -0.15) is 5.10 Å². The van der Waals surface area contributed by atoms with Gasteiger partial charge >= 0.3 is 0 Å². The monoisotopic (exact) mass is 392 g/mol. The second kappa shape index (κ2) is 9.66. The Morgan fingerprint density at radius 2 is 1.71 bits per heavy atom. The SMILES string of the molecule is CCC(=O)CSC(Nc1ccccc1)=C(C(=O)c1ccccc1)n1cncn1. The molecule has 28 heavy (non-hydrogen) atoms. The normalized spacial score (nSPS) is 11.6. The lowest BCUT2D eigenvalue weighted by atomic mass is 10.1.